The fourth-order valence-corrected chi connectivity index (χ4v) is 6.22. The minimum absolute atomic E-state index is 0.0962. The monoisotopic (exact) mass is 486 g/mol. The summed E-state index contributed by atoms with van der Waals surface area (Å²) >= 11 is 0. The number of nitrogens with zero attached hydrogens (tertiary/aromatic N) is 4. The number of pyridine rings is 1. The van der Waals surface area contributed by atoms with Crippen LogP contribution in [0, 0.1) is 5.92 Å². The third-order valence-corrected chi connectivity index (χ3v) is 8.68. The molecule has 1 saturated heterocycles. The average Bonchev–Trinajstić information content (AvgIpc) is 3.08. The highest BCUT2D eigenvalue weighted by molar-refractivity contribution is 5.95. The number of benzene rings is 1. The molecule has 0 radical (unpaired) electrons. The van der Waals surface area contributed by atoms with Gasteiger partial charge < -0.3 is 4.90 Å². The van der Waals surface area contributed by atoms with E-state index in [2.05, 4.69) is 53.1 Å². The Hall–Kier alpha value is -2.61. The summed E-state index contributed by atoms with van der Waals surface area (Å²) < 4.78 is 39.1. The number of hydrogen-bond acceptors (Lipinski definition) is 3. The van der Waals surface area contributed by atoms with Crippen LogP contribution < -0.4 is 4.90 Å². The molecular formula is C27H33F3N4O. The molecule has 5 rings (SSSR count). The van der Waals surface area contributed by atoms with Crippen LogP contribution in [0.3, 0.4) is 0 Å². The van der Waals surface area contributed by atoms with E-state index in [1.165, 1.54) is 24.2 Å². The summed E-state index contributed by atoms with van der Waals surface area (Å²) in [5, 5.41) is 0. The average molecular weight is 487 g/mol. The van der Waals surface area contributed by atoms with E-state index in [9.17, 15) is 18.0 Å². The first-order valence-electron chi connectivity index (χ1n) is 12.5. The van der Waals surface area contributed by atoms with E-state index >= 15 is 0 Å². The van der Waals surface area contributed by atoms with Gasteiger partial charge in [-0.25, -0.2) is 9.78 Å². The normalized spacial score (nSPS) is 27.7. The predicted octanol–water partition coefficient (Wildman–Crippen LogP) is 5.91. The molecule has 2 amide bonds. The van der Waals surface area contributed by atoms with Crippen molar-refractivity contribution in [1.29, 1.82) is 0 Å². The van der Waals surface area contributed by atoms with Crippen molar-refractivity contribution in [3.8, 4) is 0 Å². The predicted molar refractivity (Wildman–Crippen MR) is 129 cm³/mol. The first kappa shape index (κ1) is 24.1. The summed E-state index contributed by atoms with van der Waals surface area (Å²) in [5.74, 6) is 0.510. The Bertz CT molecular complexity index is 1040. The molecule has 8 heteroatoms. The summed E-state index contributed by atoms with van der Waals surface area (Å²) in [7, 11) is 4.24. The lowest BCUT2D eigenvalue weighted by atomic mass is 9.68. The molecule has 188 valence electrons. The van der Waals surface area contributed by atoms with Crippen LogP contribution in [-0.4, -0.2) is 53.5 Å². The van der Waals surface area contributed by atoms with Crippen LogP contribution in [-0.2, 0) is 11.7 Å². The second-order valence-corrected chi connectivity index (χ2v) is 10.7. The Labute approximate surface area is 204 Å². The van der Waals surface area contributed by atoms with Crippen LogP contribution in [0.15, 0.2) is 48.7 Å². The largest absolute Gasteiger partial charge is 0.433 e. The lowest BCUT2D eigenvalue weighted by molar-refractivity contribution is -0.141. The molecule has 3 aliphatic rings. The molecule has 0 atom stereocenters. The van der Waals surface area contributed by atoms with Crippen LogP contribution in [0.2, 0.25) is 0 Å². The Morgan fingerprint density at radius 3 is 2.23 bits per heavy atom. The number of halogens is 3. The number of rotatable bonds is 5. The Morgan fingerprint density at radius 1 is 1.03 bits per heavy atom. The van der Waals surface area contributed by atoms with Gasteiger partial charge in [0.25, 0.3) is 0 Å². The summed E-state index contributed by atoms with van der Waals surface area (Å²) in [5.41, 5.74) is 0.375. The van der Waals surface area contributed by atoms with E-state index in [4.69, 9.17) is 0 Å². The van der Waals surface area contributed by atoms with Gasteiger partial charge in [-0.2, -0.15) is 13.2 Å². The maximum Gasteiger partial charge on any atom is 0.433 e. The van der Waals surface area contributed by atoms with Crippen molar-refractivity contribution >= 4 is 11.7 Å². The standard InChI is InChI=1S/C27H33F3N4O/c1-32(2)26(21-9-4-3-5-10-21)15-13-25(14-16-26)19-33(24(35)34(25)18-20-7-6-8-20)22-11-12-23(31-17-22)27(28,29)30/h3-5,9-12,17,20H,6-8,13-16,18-19H2,1-2H3/t25-,26+. The number of carbonyl (C=O) groups excluding carboxylic acids is 1. The number of anilines is 1. The fraction of sp³-hybridized carbons (Fsp3) is 0.556. The summed E-state index contributed by atoms with van der Waals surface area (Å²) in [6, 6.07) is 12.8. The van der Waals surface area contributed by atoms with Gasteiger partial charge in [-0.1, -0.05) is 36.8 Å². The smallest absolute Gasteiger partial charge is 0.317 e. The molecule has 2 heterocycles. The summed E-state index contributed by atoms with van der Waals surface area (Å²) in [4.78, 5) is 23.3. The Morgan fingerprint density at radius 2 is 1.71 bits per heavy atom. The highest BCUT2D eigenvalue weighted by Gasteiger charge is 2.55. The molecule has 1 spiro atoms. The topological polar surface area (TPSA) is 39.7 Å². The van der Waals surface area contributed by atoms with Gasteiger partial charge in [0, 0.05) is 12.1 Å². The van der Waals surface area contributed by atoms with Gasteiger partial charge in [0.05, 0.1) is 24.0 Å². The van der Waals surface area contributed by atoms with E-state index in [-0.39, 0.29) is 17.1 Å². The van der Waals surface area contributed by atoms with Crippen LogP contribution >= 0.6 is 0 Å². The van der Waals surface area contributed by atoms with Gasteiger partial charge >= 0.3 is 12.2 Å². The fourth-order valence-electron chi connectivity index (χ4n) is 6.22. The van der Waals surface area contributed by atoms with E-state index in [1.807, 2.05) is 6.07 Å². The molecule has 0 N–H and O–H groups in total. The molecule has 5 nitrogen and oxygen atoms in total. The van der Waals surface area contributed by atoms with E-state index < -0.39 is 11.9 Å². The molecule has 0 bridgehead atoms. The molecule has 35 heavy (non-hydrogen) atoms. The highest BCUT2D eigenvalue weighted by atomic mass is 19.4. The van der Waals surface area contributed by atoms with Crippen LogP contribution in [0.4, 0.5) is 23.7 Å². The lowest BCUT2D eigenvalue weighted by Gasteiger charge is -2.51. The minimum Gasteiger partial charge on any atom is -0.317 e. The number of carbonyl (C=O) groups is 1. The minimum atomic E-state index is -4.50. The zero-order chi connectivity index (χ0) is 24.8. The molecular weight excluding hydrogens is 453 g/mol. The number of aromatic nitrogens is 1. The van der Waals surface area contributed by atoms with Gasteiger partial charge in [0.1, 0.15) is 5.69 Å². The second kappa shape index (κ2) is 8.80. The quantitative estimate of drug-likeness (QED) is 0.527. The number of urea groups is 1. The molecule has 0 unspecified atom stereocenters. The maximum atomic E-state index is 13.7. The summed E-state index contributed by atoms with van der Waals surface area (Å²) in [6.07, 6.45) is 3.69. The molecule has 1 aromatic heterocycles. The van der Waals surface area contributed by atoms with Crippen molar-refractivity contribution < 1.29 is 18.0 Å². The van der Waals surface area contributed by atoms with Gasteiger partial charge in [0.15, 0.2) is 0 Å². The maximum absolute atomic E-state index is 13.7. The van der Waals surface area contributed by atoms with Gasteiger partial charge in [0.2, 0.25) is 0 Å². The van der Waals surface area contributed by atoms with Crippen molar-refractivity contribution in [2.24, 2.45) is 5.92 Å². The summed E-state index contributed by atoms with van der Waals surface area (Å²) in [6.45, 7) is 1.22. The molecule has 2 aromatic rings. The lowest BCUT2D eigenvalue weighted by Crippen LogP contribution is -2.56. The van der Waals surface area contributed by atoms with Crippen LogP contribution in [0.5, 0.6) is 0 Å². The van der Waals surface area contributed by atoms with E-state index in [0.29, 0.717) is 18.2 Å². The number of hydrogen-bond donors (Lipinski definition) is 0. The van der Waals surface area contributed by atoms with Crippen molar-refractivity contribution in [3.05, 3.63) is 59.9 Å². The van der Waals surface area contributed by atoms with Crippen molar-refractivity contribution in [1.82, 2.24) is 14.8 Å². The Balaban J connectivity index is 1.43. The van der Waals surface area contributed by atoms with Crippen molar-refractivity contribution in [2.75, 3.05) is 32.1 Å². The van der Waals surface area contributed by atoms with Gasteiger partial charge in [-0.3, -0.25) is 9.80 Å². The van der Waals surface area contributed by atoms with Crippen LogP contribution in [0.25, 0.3) is 0 Å². The van der Waals surface area contributed by atoms with Crippen molar-refractivity contribution in [2.45, 2.75) is 62.2 Å². The Kier molecular flexibility index (Phi) is 6.06. The molecule has 2 aliphatic carbocycles. The molecule has 2 saturated carbocycles. The van der Waals surface area contributed by atoms with Gasteiger partial charge in [-0.15, -0.1) is 0 Å². The van der Waals surface area contributed by atoms with Crippen molar-refractivity contribution in [3.63, 3.8) is 0 Å². The van der Waals surface area contributed by atoms with E-state index in [0.717, 1.165) is 51.1 Å². The first-order valence-corrected chi connectivity index (χ1v) is 12.5. The first-order chi connectivity index (χ1) is 16.6. The molecule has 3 fully saturated rings. The molecule has 1 aliphatic heterocycles. The third-order valence-electron chi connectivity index (χ3n) is 8.68. The number of amides is 2. The second-order valence-electron chi connectivity index (χ2n) is 10.7. The third kappa shape index (κ3) is 4.20. The van der Waals surface area contributed by atoms with Gasteiger partial charge in [-0.05, 0) is 76.2 Å². The zero-order valence-electron chi connectivity index (χ0n) is 20.4. The van der Waals surface area contributed by atoms with E-state index in [1.54, 1.807) is 4.90 Å². The zero-order valence-corrected chi connectivity index (χ0v) is 20.4. The number of alkyl halides is 3. The molecule has 1 aromatic carbocycles. The highest BCUT2D eigenvalue weighted by Crippen LogP contribution is 2.50. The SMILES string of the molecule is CN(C)[C@]1(c2ccccc2)CC[C@]2(CC1)CN(c1ccc(C(F)(F)F)nc1)C(=O)N2CC1CCC1. The van der Waals surface area contributed by atoms with Crippen LogP contribution in [0.1, 0.15) is 56.2 Å².